The molecule has 0 aliphatic carbocycles. The molecule has 0 saturated carbocycles. The average Bonchev–Trinajstić information content (AvgIpc) is 3.09. The van der Waals surface area contributed by atoms with Crippen molar-refractivity contribution in [1.82, 2.24) is 5.32 Å². The molecule has 0 amide bonds. The minimum atomic E-state index is 0.372. The standard InChI is InChI=1S/C17H19NO2/c19-16-7-5-11-3-1-2-4-13(11)14(16)10-18-15-9-12-6-8-17(15)20-12/h1-5,7,12,15,17-19H,6,8-10H2. The van der Waals surface area contributed by atoms with Gasteiger partial charge in [-0.3, -0.25) is 0 Å². The second-order valence-electron chi connectivity index (χ2n) is 5.88. The topological polar surface area (TPSA) is 41.5 Å². The average molecular weight is 269 g/mol. The molecule has 0 radical (unpaired) electrons. The summed E-state index contributed by atoms with van der Waals surface area (Å²) in [5.74, 6) is 0.375. The van der Waals surface area contributed by atoms with E-state index in [4.69, 9.17) is 4.74 Å². The summed E-state index contributed by atoms with van der Waals surface area (Å²) in [4.78, 5) is 0. The summed E-state index contributed by atoms with van der Waals surface area (Å²) < 4.78 is 5.87. The van der Waals surface area contributed by atoms with Crippen LogP contribution < -0.4 is 5.32 Å². The quantitative estimate of drug-likeness (QED) is 0.900. The van der Waals surface area contributed by atoms with Gasteiger partial charge in [0.05, 0.1) is 12.2 Å². The number of aromatic hydroxyl groups is 1. The first-order valence-electron chi connectivity index (χ1n) is 7.40. The second-order valence-corrected chi connectivity index (χ2v) is 5.88. The molecule has 4 rings (SSSR count). The van der Waals surface area contributed by atoms with Crippen LogP contribution in [-0.4, -0.2) is 23.4 Å². The Morgan fingerprint density at radius 3 is 2.85 bits per heavy atom. The molecule has 2 aromatic rings. The molecule has 2 aliphatic heterocycles. The fraction of sp³-hybridized carbons (Fsp3) is 0.412. The molecule has 3 nitrogen and oxygen atoms in total. The van der Waals surface area contributed by atoms with Crippen LogP contribution >= 0.6 is 0 Å². The van der Waals surface area contributed by atoms with Crippen LogP contribution in [0.15, 0.2) is 36.4 Å². The Balaban J connectivity index is 1.58. The van der Waals surface area contributed by atoms with Gasteiger partial charge in [-0.05, 0) is 36.1 Å². The van der Waals surface area contributed by atoms with Gasteiger partial charge in [0.25, 0.3) is 0 Å². The van der Waals surface area contributed by atoms with Crippen molar-refractivity contribution in [3.8, 4) is 5.75 Å². The molecule has 3 atom stereocenters. The van der Waals surface area contributed by atoms with Gasteiger partial charge in [-0.25, -0.2) is 0 Å². The number of fused-ring (bicyclic) bond motifs is 3. The third-order valence-corrected chi connectivity index (χ3v) is 4.66. The first-order chi connectivity index (χ1) is 9.81. The van der Waals surface area contributed by atoms with E-state index in [0.717, 1.165) is 17.4 Å². The zero-order valence-corrected chi connectivity index (χ0v) is 11.4. The molecule has 3 heteroatoms. The zero-order chi connectivity index (χ0) is 13.5. The monoisotopic (exact) mass is 269 g/mol. The molecule has 2 N–H and O–H groups in total. The summed E-state index contributed by atoms with van der Waals surface area (Å²) >= 11 is 0. The van der Waals surface area contributed by atoms with Crippen molar-refractivity contribution in [3.05, 3.63) is 42.0 Å². The lowest BCUT2D eigenvalue weighted by molar-refractivity contribution is 0.0972. The largest absolute Gasteiger partial charge is 0.508 e. The van der Waals surface area contributed by atoms with E-state index in [2.05, 4.69) is 17.4 Å². The Kier molecular flexibility index (Phi) is 2.90. The number of benzene rings is 2. The molecule has 2 saturated heterocycles. The lowest BCUT2D eigenvalue weighted by Crippen LogP contribution is -2.37. The van der Waals surface area contributed by atoms with E-state index >= 15 is 0 Å². The van der Waals surface area contributed by atoms with Crippen LogP contribution in [0, 0.1) is 0 Å². The van der Waals surface area contributed by atoms with Crippen LogP contribution in [0.4, 0.5) is 0 Å². The fourth-order valence-electron chi connectivity index (χ4n) is 3.60. The lowest BCUT2D eigenvalue weighted by atomic mass is 9.95. The van der Waals surface area contributed by atoms with Crippen molar-refractivity contribution in [2.45, 2.75) is 44.1 Å². The Hall–Kier alpha value is -1.58. The summed E-state index contributed by atoms with van der Waals surface area (Å²) in [7, 11) is 0. The Morgan fingerprint density at radius 1 is 1.15 bits per heavy atom. The summed E-state index contributed by atoms with van der Waals surface area (Å²) in [5.41, 5.74) is 0.992. The Labute approximate surface area is 118 Å². The molecule has 0 spiro atoms. The van der Waals surface area contributed by atoms with Gasteiger partial charge < -0.3 is 15.2 Å². The van der Waals surface area contributed by atoms with Crippen LogP contribution in [0.5, 0.6) is 5.75 Å². The summed E-state index contributed by atoms with van der Waals surface area (Å²) in [6, 6.07) is 12.4. The molecule has 2 aromatic carbocycles. The number of phenols is 1. The van der Waals surface area contributed by atoms with Gasteiger partial charge in [0.15, 0.2) is 0 Å². The van der Waals surface area contributed by atoms with Crippen molar-refractivity contribution in [1.29, 1.82) is 0 Å². The highest BCUT2D eigenvalue weighted by molar-refractivity contribution is 5.87. The predicted octanol–water partition coefficient (Wildman–Crippen LogP) is 2.95. The Bertz CT molecular complexity index is 640. The maximum absolute atomic E-state index is 10.1. The fourth-order valence-corrected chi connectivity index (χ4v) is 3.60. The van der Waals surface area contributed by atoms with E-state index in [1.165, 1.54) is 18.2 Å². The third kappa shape index (κ3) is 1.98. The van der Waals surface area contributed by atoms with E-state index in [1.54, 1.807) is 6.07 Å². The van der Waals surface area contributed by atoms with Gasteiger partial charge in [0.2, 0.25) is 0 Å². The number of ether oxygens (including phenoxy) is 1. The van der Waals surface area contributed by atoms with Crippen molar-refractivity contribution in [2.24, 2.45) is 0 Å². The van der Waals surface area contributed by atoms with Crippen molar-refractivity contribution in [3.63, 3.8) is 0 Å². The van der Waals surface area contributed by atoms with Crippen molar-refractivity contribution in [2.75, 3.05) is 0 Å². The summed E-state index contributed by atoms with van der Waals surface area (Å²) in [6.07, 6.45) is 4.32. The summed E-state index contributed by atoms with van der Waals surface area (Å²) in [5, 5.41) is 16.0. The highest BCUT2D eigenvalue weighted by atomic mass is 16.5. The Morgan fingerprint density at radius 2 is 2.05 bits per heavy atom. The number of hydrogen-bond donors (Lipinski definition) is 2. The highest BCUT2D eigenvalue weighted by Crippen LogP contribution is 2.35. The molecule has 2 heterocycles. The third-order valence-electron chi connectivity index (χ3n) is 4.66. The minimum absolute atomic E-state index is 0.372. The van der Waals surface area contributed by atoms with Gasteiger partial charge in [-0.1, -0.05) is 30.3 Å². The lowest BCUT2D eigenvalue weighted by Gasteiger charge is -2.21. The normalized spacial score (nSPS) is 28.3. The van der Waals surface area contributed by atoms with E-state index in [-0.39, 0.29) is 0 Å². The number of hydrogen-bond acceptors (Lipinski definition) is 3. The predicted molar refractivity (Wildman–Crippen MR) is 78.8 cm³/mol. The van der Waals surface area contributed by atoms with Gasteiger partial charge in [-0.15, -0.1) is 0 Å². The second kappa shape index (κ2) is 4.76. The van der Waals surface area contributed by atoms with Crippen molar-refractivity contribution >= 4 is 10.8 Å². The molecule has 0 aromatic heterocycles. The van der Waals surface area contributed by atoms with Gasteiger partial charge in [0.1, 0.15) is 5.75 Å². The maximum Gasteiger partial charge on any atom is 0.120 e. The zero-order valence-electron chi connectivity index (χ0n) is 11.4. The molecular weight excluding hydrogens is 250 g/mol. The maximum atomic E-state index is 10.1. The number of rotatable bonds is 3. The van der Waals surface area contributed by atoms with Gasteiger partial charge >= 0.3 is 0 Å². The van der Waals surface area contributed by atoms with Crippen LogP contribution in [-0.2, 0) is 11.3 Å². The minimum Gasteiger partial charge on any atom is -0.508 e. The van der Waals surface area contributed by atoms with Gasteiger partial charge in [-0.2, -0.15) is 0 Å². The summed E-state index contributed by atoms with van der Waals surface area (Å²) in [6.45, 7) is 0.699. The molecular formula is C17H19NO2. The molecule has 2 bridgehead atoms. The van der Waals surface area contributed by atoms with Crippen molar-refractivity contribution < 1.29 is 9.84 Å². The first kappa shape index (κ1) is 12.2. The molecule has 2 aliphatic rings. The molecule has 3 unspecified atom stereocenters. The first-order valence-corrected chi connectivity index (χ1v) is 7.40. The SMILES string of the molecule is Oc1ccc2ccccc2c1CNC1CC2CCC1O2. The highest BCUT2D eigenvalue weighted by Gasteiger charge is 2.40. The van der Waals surface area contributed by atoms with Crippen LogP contribution in [0.3, 0.4) is 0 Å². The number of phenolic OH excluding ortho intramolecular Hbond substituents is 1. The number of nitrogens with one attached hydrogen (secondary N) is 1. The smallest absolute Gasteiger partial charge is 0.120 e. The van der Waals surface area contributed by atoms with E-state index in [0.29, 0.717) is 30.5 Å². The molecule has 20 heavy (non-hydrogen) atoms. The van der Waals surface area contributed by atoms with E-state index in [9.17, 15) is 5.11 Å². The van der Waals surface area contributed by atoms with Crippen LogP contribution in [0.2, 0.25) is 0 Å². The van der Waals surface area contributed by atoms with E-state index in [1.807, 2.05) is 18.2 Å². The molecule has 2 fully saturated rings. The molecule has 104 valence electrons. The van der Waals surface area contributed by atoms with E-state index < -0.39 is 0 Å². The van der Waals surface area contributed by atoms with Crippen LogP contribution in [0.25, 0.3) is 10.8 Å². The van der Waals surface area contributed by atoms with Gasteiger partial charge in [0, 0.05) is 18.2 Å². The van der Waals surface area contributed by atoms with Crippen LogP contribution in [0.1, 0.15) is 24.8 Å².